The second-order valence-electron chi connectivity index (χ2n) is 10.7. The van der Waals surface area contributed by atoms with E-state index in [1.165, 1.54) is 14.2 Å². The summed E-state index contributed by atoms with van der Waals surface area (Å²) >= 11 is 0. The summed E-state index contributed by atoms with van der Waals surface area (Å²) in [6.07, 6.45) is -0.768. The maximum Gasteiger partial charge on any atom is 0.418 e. The highest BCUT2D eigenvalue weighted by Gasteiger charge is 2.17. The van der Waals surface area contributed by atoms with Gasteiger partial charge in [-0.15, -0.1) is 0 Å². The van der Waals surface area contributed by atoms with Crippen LogP contribution >= 0.6 is 0 Å². The Hall–Kier alpha value is -5.16. The predicted molar refractivity (Wildman–Crippen MR) is 181 cm³/mol. The number of carbonyl (C=O) groups is 2. The average Bonchev–Trinajstić information content (AvgIpc) is 3.06. The fourth-order valence-electron chi connectivity index (χ4n) is 4.82. The SMILES string of the molecule is CCN(CC)CCN(C)C(=O)c1ccc(Nc2nc(OC(=O)Nc3cc(OC)ccc3OC)cc(-c3cccc(C)c3C)n2)cc1. The molecule has 0 radical (unpaired) electrons. The number of ether oxygens (including phenoxy) is 3. The van der Waals surface area contributed by atoms with Gasteiger partial charge < -0.3 is 29.3 Å². The van der Waals surface area contributed by atoms with Crippen molar-refractivity contribution in [3.63, 3.8) is 0 Å². The van der Waals surface area contributed by atoms with E-state index in [1.807, 2.05) is 39.1 Å². The van der Waals surface area contributed by atoms with E-state index in [0.717, 1.165) is 36.3 Å². The Bertz CT molecular complexity index is 1660. The number of carbonyl (C=O) groups excluding carboxylic acids is 2. The molecule has 4 rings (SSSR count). The summed E-state index contributed by atoms with van der Waals surface area (Å²) in [5.74, 6) is 1.18. The van der Waals surface area contributed by atoms with Crippen LogP contribution in [0, 0.1) is 13.8 Å². The van der Waals surface area contributed by atoms with Gasteiger partial charge in [-0.1, -0.05) is 32.0 Å². The van der Waals surface area contributed by atoms with Gasteiger partial charge in [0.2, 0.25) is 11.8 Å². The van der Waals surface area contributed by atoms with Crippen LogP contribution in [0.5, 0.6) is 17.4 Å². The van der Waals surface area contributed by atoms with Crippen molar-refractivity contribution in [2.24, 2.45) is 0 Å². The maximum atomic E-state index is 13.0. The van der Waals surface area contributed by atoms with Crippen molar-refractivity contribution < 1.29 is 23.8 Å². The third kappa shape index (κ3) is 8.51. The lowest BCUT2D eigenvalue weighted by Gasteiger charge is -2.23. The molecule has 0 atom stereocenters. The fraction of sp³-hybridized carbons (Fsp3) is 0.314. The van der Waals surface area contributed by atoms with Crippen LogP contribution in [-0.4, -0.2) is 79.2 Å². The van der Waals surface area contributed by atoms with Crippen LogP contribution < -0.4 is 24.8 Å². The number of aryl methyl sites for hydroxylation is 1. The minimum absolute atomic E-state index is 0.0365. The standard InChI is InChI=1S/C35H42N6O5/c1-8-41(9-2)20-19-40(5)33(42)25-13-15-26(16-14-25)36-34-37-29(28-12-10-11-23(3)24(28)4)22-32(39-34)46-35(43)38-30-21-27(44-6)17-18-31(30)45-7/h10-18,21-22H,8-9,19-20H2,1-7H3,(H,38,43)(H,36,37,39). The zero-order chi connectivity index (χ0) is 33.2. The highest BCUT2D eigenvalue weighted by atomic mass is 16.6. The van der Waals surface area contributed by atoms with Gasteiger partial charge in [0, 0.05) is 49.1 Å². The molecule has 2 amide bonds. The number of methoxy groups -OCH3 is 2. The van der Waals surface area contributed by atoms with E-state index in [0.29, 0.717) is 40.7 Å². The van der Waals surface area contributed by atoms with E-state index in [9.17, 15) is 9.59 Å². The molecule has 2 N–H and O–H groups in total. The van der Waals surface area contributed by atoms with Gasteiger partial charge in [-0.05, 0) is 74.5 Å². The fourth-order valence-corrected chi connectivity index (χ4v) is 4.82. The van der Waals surface area contributed by atoms with Gasteiger partial charge in [-0.25, -0.2) is 9.78 Å². The Labute approximate surface area is 270 Å². The molecule has 0 unspecified atom stereocenters. The summed E-state index contributed by atoms with van der Waals surface area (Å²) in [6, 6.07) is 19.7. The summed E-state index contributed by atoms with van der Waals surface area (Å²) in [7, 11) is 4.85. The molecule has 0 saturated heterocycles. The van der Waals surface area contributed by atoms with Crippen molar-refractivity contribution in [2.45, 2.75) is 27.7 Å². The van der Waals surface area contributed by atoms with Crippen LogP contribution in [0.2, 0.25) is 0 Å². The van der Waals surface area contributed by atoms with Crippen LogP contribution in [0.25, 0.3) is 11.3 Å². The molecule has 1 aromatic heterocycles. The summed E-state index contributed by atoms with van der Waals surface area (Å²) in [5.41, 5.74) is 5.20. The van der Waals surface area contributed by atoms with E-state index in [-0.39, 0.29) is 17.7 Å². The van der Waals surface area contributed by atoms with Crippen LogP contribution in [0.3, 0.4) is 0 Å². The van der Waals surface area contributed by atoms with E-state index in [1.54, 1.807) is 53.4 Å². The molecule has 0 bridgehead atoms. The van der Waals surface area contributed by atoms with E-state index < -0.39 is 6.09 Å². The first-order valence-corrected chi connectivity index (χ1v) is 15.2. The molecule has 0 spiro atoms. The minimum atomic E-state index is -0.768. The summed E-state index contributed by atoms with van der Waals surface area (Å²) < 4.78 is 16.3. The number of hydrogen-bond acceptors (Lipinski definition) is 9. The number of likely N-dealkylation sites (N-methyl/N-ethyl adjacent to an activating group) is 2. The smallest absolute Gasteiger partial charge is 0.418 e. The summed E-state index contributed by atoms with van der Waals surface area (Å²) in [6.45, 7) is 11.6. The minimum Gasteiger partial charge on any atom is -0.497 e. The Morgan fingerprint density at radius 1 is 0.870 bits per heavy atom. The normalized spacial score (nSPS) is 10.8. The van der Waals surface area contributed by atoms with Gasteiger partial charge in [0.15, 0.2) is 0 Å². The van der Waals surface area contributed by atoms with Crippen molar-refractivity contribution in [1.29, 1.82) is 0 Å². The van der Waals surface area contributed by atoms with Gasteiger partial charge in [0.05, 0.1) is 25.6 Å². The van der Waals surface area contributed by atoms with Gasteiger partial charge in [0.25, 0.3) is 5.91 Å². The van der Waals surface area contributed by atoms with E-state index in [4.69, 9.17) is 19.2 Å². The molecule has 0 fully saturated rings. The van der Waals surface area contributed by atoms with Crippen LogP contribution in [0.1, 0.15) is 35.3 Å². The Kier molecular flexibility index (Phi) is 11.5. The average molecular weight is 627 g/mol. The second kappa shape index (κ2) is 15.7. The first kappa shape index (κ1) is 33.7. The number of benzene rings is 3. The van der Waals surface area contributed by atoms with Crippen molar-refractivity contribution in [1.82, 2.24) is 19.8 Å². The zero-order valence-electron chi connectivity index (χ0n) is 27.5. The first-order valence-electron chi connectivity index (χ1n) is 15.2. The van der Waals surface area contributed by atoms with Crippen molar-refractivity contribution >= 4 is 29.3 Å². The second-order valence-corrected chi connectivity index (χ2v) is 10.7. The molecule has 0 aliphatic rings. The number of nitrogens with one attached hydrogen (secondary N) is 2. The van der Waals surface area contributed by atoms with E-state index in [2.05, 4.69) is 34.4 Å². The lowest BCUT2D eigenvalue weighted by atomic mass is 10.0. The first-order chi connectivity index (χ1) is 22.1. The number of hydrogen-bond donors (Lipinski definition) is 2. The molecular weight excluding hydrogens is 584 g/mol. The lowest BCUT2D eigenvalue weighted by Crippen LogP contribution is -2.36. The van der Waals surface area contributed by atoms with Crippen molar-refractivity contribution in [3.8, 4) is 28.6 Å². The zero-order valence-corrected chi connectivity index (χ0v) is 27.5. The molecular formula is C35H42N6O5. The number of amides is 2. The van der Waals surface area contributed by atoms with Crippen molar-refractivity contribution in [3.05, 3.63) is 83.4 Å². The summed E-state index contributed by atoms with van der Waals surface area (Å²) in [4.78, 5) is 39.2. The third-order valence-corrected chi connectivity index (χ3v) is 7.80. The Morgan fingerprint density at radius 2 is 1.61 bits per heavy atom. The maximum absolute atomic E-state index is 13.0. The van der Waals surface area contributed by atoms with Crippen molar-refractivity contribution in [2.75, 3.05) is 58.1 Å². The van der Waals surface area contributed by atoms with Gasteiger partial charge in [0.1, 0.15) is 11.5 Å². The van der Waals surface area contributed by atoms with Crippen LogP contribution in [0.15, 0.2) is 66.7 Å². The largest absolute Gasteiger partial charge is 0.497 e. The number of anilines is 3. The summed E-state index contributed by atoms with van der Waals surface area (Å²) in [5, 5.41) is 5.89. The van der Waals surface area contributed by atoms with Gasteiger partial charge >= 0.3 is 6.09 Å². The molecule has 0 saturated carbocycles. The number of nitrogens with zero attached hydrogens (tertiary/aromatic N) is 4. The molecule has 242 valence electrons. The Balaban J connectivity index is 1.57. The molecule has 3 aromatic carbocycles. The van der Waals surface area contributed by atoms with Gasteiger partial charge in [-0.2, -0.15) is 4.98 Å². The molecule has 11 heteroatoms. The third-order valence-electron chi connectivity index (χ3n) is 7.80. The molecule has 1 heterocycles. The lowest BCUT2D eigenvalue weighted by molar-refractivity contribution is 0.0779. The molecule has 0 aliphatic heterocycles. The number of aromatic nitrogens is 2. The monoisotopic (exact) mass is 626 g/mol. The quantitative estimate of drug-likeness (QED) is 0.170. The van der Waals surface area contributed by atoms with Gasteiger partial charge in [-0.3, -0.25) is 10.1 Å². The van der Waals surface area contributed by atoms with E-state index >= 15 is 0 Å². The highest BCUT2D eigenvalue weighted by molar-refractivity contribution is 5.94. The van der Waals surface area contributed by atoms with Crippen LogP contribution in [-0.2, 0) is 0 Å². The highest BCUT2D eigenvalue weighted by Crippen LogP contribution is 2.31. The molecule has 4 aromatic rings. The van der Waals surface area contributed by atoms with Crippen LogP contribution in [0.4, 0.5) is 22.1 Å². The Morgan fingerprint density at radius 3 is 2.28 bits per heavy atom. The predicted octanol–water partition coefficient (Wildman–Crippen LogP) is 6.55. The number of rotatable bonds is 13. The molecule has 0 aliphatic carbocycles. The molecule has 46 heavy (non-hydrogen) atoms. The molecule has 11 nitrogen and oxygen atoms in total. The topological polar surface area (TPSA) is 118 Å².